The van der Waals surface area contributed by atoms with Gasteiger partial charge in [-0.1, -0.05) is 49.1 Å². The summed E-state index contributed by atoms with van der Waals surface area (Å²) in [5.41, 5.74) is 1.93. The molecule has 1 aromatic heterocycles. The van der Waals surface area contributed by atoms with Crippen molar-refractivity contribution < 1.29 is 9.59 Å². The van der Waals surface area contributed by atoms with Crippen LogP contribution >= 0.6 is 11.6 Å². The molecule has 8 heteroatoms. The second-order valence-electron chi connectivity index (χ2n) is 8.74. The fraction of sp³-hybridized carbons (Fsp3) is 0.333. The molecule has 0 aliphatic heterocycles. The Labute approximate surface area is 209 Å². The van der Waals surface area contributed by atoms with Crippen LogP contribution in [0.4, 0.5) is 5.69 Å². The van der Waals surface area contributed by atoms with Crippen LogP contribution in [0.15, 0.2) is 65.5 Å². The zero-order valence-corrected chi connectivity index (χ0v) is 20.5. The number of halogens is 1. The lowest BCUT2D eigenvalue weighted by Crippen LogP contribution is -2.41. The van der Waals surface area contributed by atoms with E-state index in [1.54, 1.807) is 48.5 Å². The van der Waals surface area contributed by atoms with E-state index < -0.39 is 5.91 Å². The molecule has 1 saturated carbocycles. The quantitative estimate of drug-likeness (QED) is 0.503. The first-order chi connectivity index (χ1) is 16.9. The van der Waals surface area contributed by atoms with Crippen molar-refractivity contribution in [3.8, 4) is 11.3 Å². The zero-order chi connectivity index (χ0) is 24.8. The molecule has 2 amide bonds. The highest BCUT2D eigenvalue weighted by molar-refractivity contribution is 6.30. The lowest BCUT2D eigenvalue weighted by Gasteiger charge is -2.33. The van der Waals surface area contributed by atoms with Crippen LogP contribution in [0, 0.1) is 0 Å². The second kappa shape index (κ2) is 11.3. The van der Waals surface area contributed by atoms with Crippen molar-refractivity contribution in [1.29, 1.82) is 0 Å². The minimum Gasteiger partial charge on any atom is -0.336 e. The van der Waals surface area contributed by atoms with Gasteiger partial charge in [0.2, 0.25) is 5.91 Å². The van der Waals surface area contributed by atoms with Crippen LogP contribution in [0.3, 0.4) is 0 Å². The van der Waals surface area contributed by atoms with Gasteiger partial charge < -0.3 is 10.2 Å². The molecular formula is C27H29ClN4O3. The van der Waals surface area contributed by atoms with Gasteiger partial charge in [0, 0.05) is 40.5 Å². The number of amides is 2. The number of hydrogen-bond acceptors (Lipinski definition) is 4. The molecule has 182 valence electrons. The fourth-order valence-electron chi connectivity index (χ4n) is 4.56. The standard InChI is InChI=1S/C27H29ClN4O3/c1-2-31(23-12-4-3-5-13-23)27(35)20-9-7-11-22(17-20)29-25(33)18-32-26(34)15-14-24(30-32)19-8-6-10-21(28)16-19/h6-11,14-17,23H,2-5,12-13,18H2,1H3,(H,29,33). The lowest BCUT2D eigenvalue weighted by molar-refractivity contribution is -0.117. The first kappa shape index (κ1) is 24.7. The maximum Gasteiger partial charge on any atom is 0.267 e. The lowest BCUT2D eigenvalue weighted by atomic mass is 9.93. The van der Waals surface area contributed by atoms with E-state index in [9.17, 15) is 14.4 Å². The molecule has 7 nitrogen and oxygen atoms in total. The van der Waals surface area contributed by atoms with Crippen LogP contribution in [-0.2, 0) is 11.3 Å². The third kappa shape index (κ3) is 6.17. The number of carbonyl (C=O) groups is 2. The average molecular weight is 493 g/mol. The van der Waals surface area contributed by atoms with Crippen LogP contribution in [0.5, 0.6) is 0 Å². The van der Waals surface area contributed by atoms with E-state index in [1.165, 1.54) is 12.5 Å². The van der Waals surface area contributed by atoms with Crippen molar-refractivity contribution in [3.63, 3.8) is 0 Å². The Kier molecular flexibility index (Phi) is 7.98. The second-order valence-corrected chi connectivity index (χ2v) is 9.17. The molecule has 0 atom stereocenters. The molecule has 0 unspecified atom stereocenters. The third-order valence-corrected chi connectivity index (χ3v) is 6.53. The highest BCUT2D eigenvalue weighted by atomic mass is 35.5. The Morgan fingerprint density at radius 1 is 1.06 bits per heavy atom. The molecular weight excluding hydrogens is 464 g/mol. The molecule has 1 aliphatic carbocycles. The van der Waals surface area contributed by atoms with Crippen molar-refractivity contribution in [2.75, 3.05) is 11.9 Å². The Bertz CT molecular complexity index is 1270. The molecule has 0 bridgehead atoms. The smallest absolute Gasteiger partial charge is 0.267 e. The van der Waals surface area contributed by atoms with Crippen LogP contribution in [0.2, 0.25) is 5.02 Å². The molecule has 1 aliphatic rings. The normalized spacial score (nSPS) is 13.9. The SMILES string of the molecule is CCN(C(=O)c1cccc(NC(=O)Cn2nc(-c3cccc(Cl)c3)ccc2=O)c1)C1CCCCC1. The van der Waals surface area contributed by atoms with Crippen molar-refractivity contribution >= 4 is 29.1 Å². The van der Waals surface area contributed by atoms with Gasteiger partial charge in [-0.3, -0.25) is 14.4 Å². The molecule has 0 radical (unpaired) electrons. The van der Waals surface area contributed by atoms with Gasteiger partial charge in [-0.05, 0) is 56.2 Å². The van der Waals surface area contributed by atoms with E-state index in [2.05, 4.69) is 10.4 Å². The van der Waals surface area contributed by atoms with Crippen LogP contribution in [0.25, 0.3) is 11.3 Å². The third-order valence-electron chi connectivity index (χ3n) is 6.29. The van der Waals surface area contributed by atoms with Gasteiger partial charge in [0.1, 0.15) is 6.54 Å². The highest BCUT2D eigenvalue weighted by Gasteiger charge is 2.25. The summed E-state index contributed by atoms with van der Waals surface area (Å²) in [6.07, 6.45) is 5.59. The van der Waals surface area contributed by atoms with Gasteiger partial charge in [0.15, 0.2) is 0 Å². The Morgan fingerprint density at radius 3 is 2.57 bits per heavy atom. The molecule has 1 fully saturated rings. The predicted molar refractivity (Wildman–Crippen MR) is 138 cm³/mol. The summed E-state index contributed by atoms with van der Waals surface area (Å²) in [5.74, 6) is -0.435. The zero-order valence-electron chi connectivity index (χ0n) is 19.7. The predicted octanol–water partition coefficient (Wildman–Crippen LogP) is 5.00. The summed E-state index contributed by atoms with van der Waals surface area (Å²) >= 11 is 6.06. The number of rotatable bonds is 7. The van der Waals surface area contributed by atoms with E-state index in [-0.39, 0.29) is 24.1 Å². The summed E-state index contributed by atoms with van der Waals surface area (Å²) in [6.45, 7) is 2.40. The number of anilines is 1. The minimum absolute atomic E-state index is 0.0254. The number of aromatic nitrogens is 2. The van der Waals surface area contributed by atoms with Gasteiger partial charge in [-0.25, -0.2) is 4.68 Å². The van der Waals surface area contributed by atoms with E-state index in [0.29, 0.717) is 28.5 Å². The molecule has 2 aromatic carbocycles. The topological polar surface area (TPSA) is 84.3 Å². The first-order valence-electron chi connectivity index (χ1n) is 12.0. The molecule has 0 saturated heterocycles. The first-order valence-corrected chi connectivity index (χ1v) is 12.4. The summed E-state index contributed by atoms with van der Waals surface area (Å²) in [4.78, 5) is 40.2. The van der Waals surface area contributed by atoms with E-state index in [1.807, 2.05) is 17.9 Å². The van der Waals surface area contributed by atoms with Gasteiger partial charge in [-0.15, -0.1) is 0 Å². The van der Waals surface area contributed by atoms with E-state index in [0.717, 1.165) is 35.9 Å². The molecule has 0 spiro atoms. The molecule has 1 heterocycles. The fourth-order valence-corrected chi connectivity index (χ4v) is 4.75. The number of nitrogens with zero attached hydrogens (tertiary/aromatic N) is 3. The van der Waals surface area contributed by atoms with Crippen LogP contribution in [-0.4, -0.2) is 39.1 Å². The van der Waals surface area contributed by atoms with Crippen LogP contribution in [0.1, 0.15) is 49.4 Å². The van der Waals surface area contributed by atoms with E-state index in [4.69, 9.17) is 11.6 Å². The Morgan fingerprint density at radius 2 is 1.83 bits per heavy atom. The van der Waals surface area contributed by atoms with Crippen molar-refractivity contribution in [2.45, 2.75) is 51.6 Å². The van der Waals surface area contributed by atoms with Crippen LogP contribution < -0.4 is 10.9 Å². The van der Waals surface area contributed by atoms with Gasteiger partial charge in [-0.2, -0.15) is 5.10 Å². The molecule has 35 heavy (non-hydrogen) atoms. The van der Waals surface area contributed by atoms with Crippen molar-refractivity contribution in [2.24, 2.45) is 0 Å². The van der Waals surface area contributed by atoms with Gasteiger partial charge >= 0.3 is 0 Å². The maximum absolute atomic E-state index is 13.2. The number of carbonyl (C=O) groups excluding carboxylic acids is 2. The summed E-state index contributed by atoms with van der Waals surface area (Å²) in [7, 11) is 0. The number of nitrogens with one attached hydrogen (secondary N) is 1. The monoisotopic (exact) mass is 492 g/mol. The highest BCUT2D eigenvalue weighted by Crippen LogP contribution is 2.24. The number of benzene rings is 2. The summed E-state index contributed by atoms with van der Waals surface area (Å²) in [5, 5.41) is 7.66. The summed E-state index contributed by atoms with van der Waals surface area (Å²) in [6, 6.07) is 17.3. The Balaban J connectivity index is 1.46. The molecule has 1 N–H and O–H groups in total. The molecule has 4 rings (SSSR count). The minimum atomic E-state index is -0.410. The Hall–Kier alpha value is -3.45. The molecule has 3 aromatic rings. The van der Waals surface area contributed by atoms with Crippen molar-refractivity contribution in [1.82, 2.24) is 14.7 Å². The summed E-state index contributed by atoms with van der Waals surface area (Å²) < 4.78 is 1.11. The number of hydrogen-bond donors (Lipinski definition) is 1. The van der Waals surface area contributed by atoms with Gasteiger partial charge in [0.05, 0.1) is 5.69 Å². The van der Waals surface area contributed by atoms with E-state index >= 15 is 0 Å². The maximum atomic E-state index is 13.2. The van der Waals surface area contributed by atoms with Gasteiger partial charge in [0.25, 0.3) is 11.5 Å². The largest absolute Gasteiger partial charge is 0.336 e. The van der Waals surface area contributed by atoms with Crippen molar-refractivity contribution in [3.05, 3.63) is 81.6 Å². The average Bonchev–Trinajstić information content (AvgIpc) is 2.86.